The third kappa shape index (κ3) is 4.94. The maximum Gasteiger partial charge on any atom is 0.266 e. The molecule has 0 saturated carbocycles. The Morgan fingerprint density at radius 3 is 2.63 bits per heavy atom. The average Bonchev–Trinajstić information content (AvgIpc) is 2.42. The van der Waals surface area contributed by atoms with Gasteiger partial charge >= 0.3 is 0 Å². The van der Waals surface area contributed by atoms with Crippen LogP contribution in [-0.4, -0.2) is 42.4 Å². The van der Waals surface area contributed by atoms with Gasteiger partial charge < -0.3 is 9.80 Å². The monoisotopic (exact) mass is 263 g/mol. The van der Waals surface area contributed by atoms with Crippen molar-refractivity contribution in [3.05, 3.63) is 11.8 Å². The van der Waals surface area contributed by atoms with E-state index in [4.69, 9.17) is 5.26 Å². The van der Waals surface area contributed by atoms with E-state index in [1.165, 1.54) is 0 Å². The summed E-state index contributed by atoms with van der Waals surface area (Å²) in [6.45, 7) is 6.77. The molecule has 0 aromatic carbocycles. The van der Waals surface area contributed by atoms with Gasteiger partial charge in [0.1, 0.15) is 11.6 Å². The van der Waals surface area contributed by atoms with Crippen molar-refractivity contribution >= 4 is 5.91 Å². The molecule has 4 nitrogen and oxygen atoms in total. The molecule has 0 unspecified atom stereocenters. The zero-order valence-electron chi connectivity index (χ0n) is 12.4. The van der Waals surface area contributed by atoms with E-state index in [1.54, 1.807) is 6.20 Å². The normalized spacial score (nSPS) is 17.2. The second-order valence-corrected chi connectivity index (χ2v) is 5.46. The molecule has 1 fully saturated rings. The Labute approximate surface area is 116 Å². The maximum absolute atomic E-state index is 12.3. The number of nitriles is 1. The van der Waals surface area contributed by atoms with Crippen LogP contribution in [0.4, 0.5) is 0 Å². The quantitative estimate of drug-likeness (QED) is 0.565. The number of likely N-dealkylation sites (tertiary alicyclic amines) is 1. The first kappa shape index (κ1) is 15.6. The Morgan fingerprint density at radius 2 is 2.11 bits per heavy atom. The lowest BCUT2D eigenvalue weighted by Gasteiger charge is -2.30. The van der Waals surface area contributed by atoms with Crippen molar-refractivity contribution in [2.45, 2.75) is 39.5 Å². The van der Waals surface area contributed by atoms with E-state index in [-0.39, 0.29) is 11.5 Å². The predicted octanol–water partition coefficient (Wildman–Crippen LogP) is 2.38. The smallest absolute Gasteiger partial charge is 0.266 e. The van der Waals surface area contributed by atoms with E-state index in [1.807, 2.05) is 22.9 Å². The number of hydrogen-bond donors (Lipinski definition) is 0. The van der Waals surface area contributed by atoms with Gasteiger partial charge in [-0.2, -0.15) is 5.26 Å². The SMILES string of the molecule is CCCCN(C)/C=C(/C#N)C(=O)N1CCC(C)CC1. The van der Waals surface area contributed by atoms with E-state index in [0.29, 0.717) is 5.92 Å². The second-order valence-electron chi connectivity index (χ2n) is 5.46. The van der Waals surface area contributed by atoms with Crippen LogP contribution in [0.5, 0.6) is 0 Å². The minimum atomic E-state index is -0.113. The fourth-order valence-corrected chi connectivity index (χ4v) is 2.21. The molecule has 0 spiro atoms. The minimum Gasteiger partial charge on any atom is -0.379 e. The third-order valence-electron chi connectivity index (χ3n) is 3.64. The first-order valence-corrected chi connectivity index (χ1v) is 7.20. The molecular formula is C15H25N3O. The molecule has 0 aromatic rings. The van der Waals surface area contributed by atoms with Gasteiger partial charge in [-0.05, 0) is 25.2 Å². The third-order valence-corrected chi connectivity index (χ3v) is 3.64. The van der Waals surface area contributed by atoms with Gasteiger partial charge in [0, 0.05) is 32.9 Å². The number of amides is 1. The van der Waals surface area contributed by atoms with Crippen LogP contribution in [0, 0.1) is 17.2 Å². The second kappa shape index (κ2) is 7.83. The number of carbonyl (C=O) groups excluding carboxylic acids is 1. The van der Waals surface area contributed by atoms with Crippen molar-refractivity contribution in [3.8, 4) is 6.07 Å². The van der Waals surface area contributed by atoms with E-state index < -0.39 is 0 Å². The molecule has 1 heterocycles. The first-order chi connectivity index (χ1) is 9.08. The lowest BCUT2D eigenvalue weighted by molar-refractivity contribution is -0.128. The summed E-state index contributed by atoms with van der Waals surface area (Å²) in [5.41, 5.74) is 0.258. The van der Waals surface area contributed by atoms with Crippen LogP contribution in [0.25, 0.3) is 0 Å². The first-order valence-electron chi connectivity index (χ1n) is 7.20. The van der Waals surface area contributed by atoms with Crippen molar-refractivity contribution in [2.75, 3.05) is 26.7 Å². The molecule has 19 heavy (non-hydrogen) atoms. The number of unbranched alkanes of at least 4 members (excludes halogenated alkanes) is 1. The summed E-state index contributed by atoms with van der Waals surface area (Å²) >= 11 is 0. The van der Waals surface area contributed by atoms with Gasteiger partial charge in [0.05, 0.1) is 0 Å². The van der Waals surface area contributed by atoms with Gasteiger partial charge in [0.15, 0.2) is 0 Å². The molecule has 1 aliphatic heterocycles. The molecule has 0 aromatic heterocycles. The van der Waals surface area contributed by atoms with Gasteiger partial charge in [0.2, 0.25) is 0 Å². The van der Waals surface area contributed by atoms with Crippen molar-refractivity contribution in [1.29, 1.82) is 5.26 Å². The Balaban J connectivity index is 2.61. The molecule has 1 rings (SSSR count). The lowest BCUT2D eigenvalue weighted by Crippen LogP contribution is -2.38. The van der Waals surface area contributed by atoms with Crippen LogP contribution >= 0.6 is 0 Å². The molecule has 1 amide bonds. The highest BCUT2D eigenvalue weighted by atomic mass is 16.2. The predicted molar refractivity (Wildman–Crippen MR) is 76.2 cm³/mol. The summed E-state index contributed by atoms with van der Waals surface area (Å²) in [5, 5.41) is 9.16. The molecule has 4 heteroatoms. The molecule has 0 radical (unpaired) electrons. The van der Waals surface area contributed by atoms with Crippen LogP contribution < -0.4 is 0 Å². The fraction of sp³-hybridized carbons (Fsp3) is 0.733. The highest BCUT2D eigenvalue weighted by Crippen LogP contribution is 2.17. The highest BCUT2D eigenvalue weighted by Gasteiger charge is 2.23. The number of hydrogen-bond acceptors (Lipinski definition) is 3. The van der Waals surface area contributed by atoms with E-state index in [2.05, 4.69) is 13.8 Å². The number of nitrogens with zero attached hydrogens (tertiary/aromatic N) is 3. The topological polar surface area (TPSA) is 47.3 Å². The molecule has 1 saturated heterocycles. The summed E-state index contributed by atoms with van der Waals surface area (Å²) in [7, 11) is 1.92. The molecular weight excluding hydrogens is 238 g/mol. The summed E-state index contributed by atoms with van der Waals surface area (Å²) in [4.78, 5) is 16.0. The molecule has 1 aliphatic rings. The summed E-state index contributed by atoms with van der Waals surface area (Å²) in [5.74, 6) is 0.573. The van der Waals surface area contributed by atoms with Crippen LogP contribution in [0.1, 0.15) is 39.5 Å². The molecule has 0 N–H and O–H groups in total. The number of piperidine rings is 1. The molecule has 0 bridgehead atoms. The Hall–Kier alpha value is -1.50. The van der Waals surface area contributed by atoms with Crippen molar-refractivity contribution < 1.29 is 4.79 Å². The zero-order valence-corrected chi connectivity index (χ0v) is 12.4. The van der Waals surface area contributed by atoms with Gasteiger partial charge in [-0.25, -0.2) is 0 Å². The van der Waals surface area contributed by atoms with Gasteiger partial charge in [-0.3, -0.25) is 4.79 Å². The van der Waals surface area contributed by atoms with E-state index in [9.17, 15) is 4.79 Å². The van der Waals surface area contributed by atoms with Crippen molar-refractivity contribution in [1.82, 2.24) is 9.80 Å². The number of rotatable bonds is 5. The summed E-state index contributed by atoms with van der Waals surface area (Å²) in [6.07, 6.45) is 5.95. The van der Waals surface area contributed by atoms with Gasteiger partial charge in [-0.15, -0.1) is 0 Å². The van der Waals surface area contributed by atoms with E-state index in [0.717, 1.165) is 45.3 Å². The highest BCUT2D eigenvalue weighted by molar-refractivity contribution is 5.97. The minimum absolute atomic E-state index is 0.113. The zero-order chi connectivity index (χ0) is 14.3. The summed E-state index contributed by atoms with van der Waals surface area (Å²) < 4.78 is 0. The largest absolute Gasteiger partial charge is 0.379 e. The lowest BCUT2D eigenvalue weighted by atomic mass is 9.99. The standard InChI is InChI=1S/C15H25N3O/c1-4-5-8-17(3)12-14(11-16)15(19)18-9-6-13(2)7-10-18/h12-13H,4-10H2,1-3H3/b14-12-. The molecule has 106 valence electrons. The summed E-state index contributed by atoms with van der Waals surface area (Å²) in [6, 6.07) is 2.05. The van der Waals surface area contributed by atoms with Gasteiger partial charge in [-0.1, -0.05) is 20.3 Å². The van der Waals surface area contributed by atoms with Gasteiger partial charge in [0.25, 0.3) is 5.91 Å². The average molecular weight is 263 g/mol. The fourth-order valence-electron chi connectivity index (χ4n) is 2.21. The number of carbonyl (C=O) groups is 1. The Kier molecular flexibility index (Phi) is 6.41. The Morgan fingerprint density at radius 1 is 1.47 bits per heavy atom. The van der Waals surface area contributed by atoms with Crippen LogP contribution in [-0.2, 0) is 4.79 Å². The molecule has 0 aliphatic carbocycles. The van der Waals surface area contributed by atoms with Crippen LogP contribution in [0.2, 0.25) is 0 Å². The van der Waals surface area contributed by atoms with Crippen molar-refractivity contribution in [3.63, 3.8) is 0 Å². The van der Waals surface area contributed by atoms with Crippen LogP contribution in [0.3, 0.4) is 0 Å². The Bertz CT molecular complexity index is 362. The van der Waals surface area contributed by atoms with Crippen LogP contribution in [0.15, 0.2) is 11.8 Å². The molecule has 0 atom stereocenters. The maximum atomic E-state index is 12.3. The van der Waals surface area contributed by atoms with Crippen molar-refractivity contribution in [2.24, 2.45) is 5.92 Å². The van der Waals surface area contributed by atoms with E-state index >= 15 is 0 Å².